The molecule has 0 saturated carbocycles. The van der Waals surface area contributed by atoms with E-state index in [4.69, 9.17) is 12.8 Å². The summed E-state index contributed by atoms with van der Waals surface area (Å²) in [7, 11) is 0. The maximum Gasteiger partial charge on any atom is -0.288 e. The van der Waals surface area contributed by atoms with E-state index in [1.54, 1.807) is 12.1 Å². The molecular formula is C20H26Co2O3-4. The third-order valence-electron chi connectivity index (χ3n) is 2.62. The molecule has 0 bridgehead atoms. The zero-order valence-electron chi connectivity index (χ0n) is 14.5. The Morgan fingerprint density at radius 3 is 1.56 bits per heavy atom. The van der Waals surface area contributed by atoms with E-state index in [0.717, 1.165) is 12.0 Å². The number of hydrogen-bond donors (Lipinski definition) is 1. The van der Waals surface area contributed by atoms with Gasteiger partial charge < -0.3 is 24.2 Å². The second kappa shape index (κ2) is 30.8. The van der Waals surface area contributed by atoms with E-state index >= 15 is 0 Å². The van der Waals surface area contributed by atoms with Gasteiger partial charge in [0.05, 0.1) is 0 Å². The number of hydrogen-bond acceptors (Lipinski definition) is 3. The predicted molar refractivity (Wildman–Crippen MR) is 90.8 cm³/mol. The summed E-state index contributed by atoms with van der Waals surface area (Å²) >= 11 is 4.62. The van der Waals surface area contributed by atoms with Crippen LogP contribution in [0.2, 0.25) is 0 Å². The molecule has 0 aliphatic heterocycles. The summed E-state index contributed by atoms with van der Waals surface area (Å²) in [6.07, 6.45) is 6.52. The first-order valence-electron chi connectivity index (χ1n) is 7.79. The van der Waals surface area contributed by atoms with Crippen molar-refractivity contribution in [1.29, 1.82) is 0 Å². The van der Waals surface area contributed by atoms with E-state index in [9.17, 15) is 0 Å². The van der Waals surface area contributed by atoms with Gasteiger partial charge in [0.25, 0.3) is 0 Å². The van der Waals surface area contributed by atoms with Gasteiger partial charge in [0, 0.05) is 6.61 Å². The standard InChI is InChI=1S/C7H7O.C7H15.C6H4.2Co.2O/c8-6-7-4-2-1-3-5-7;1-3-5-7-6-4-2;1-2-4-6-5-3-1;;;;/h2-5,8H,6H2;1,3-7H2,2H3;1-2,5-6H;;;;/q2*-1;-2;;;;. The Labute approximate surface area is 168 Å². The normalized spacial score (nSPS) is 7.88. The van der Waals surface area contributed by atoms with Gasteiger partial charge in [-0.15, -0.1) is 5.56 Å². The molecule has 1 N–H and O–H groups in total. The molecular weight excluding hydrogens is 406 g/mol. The molecule has 0 aromatic heterocycles. The zero-order valence-corrected chi connectivity index (χ0v) is 16.6. The number of rotatable bonds is 5. The Bertz CT molecular complexity index is 395. The van der Waals surface area contributed by atoms with Crippen molar-refractivity contribution >= 4 is 0 Å². The molecule has 0 unspecified atom stereocenters. The van der Waals surface area contributed by atoms with Gasteiger partial charge in [0.2, 0.25) is 0 Å². The van der Waals surface area contributed by atoms with Crippen LogP contribution >= 0.6 is 0 Å². The van der Waals surface area contributed by atoms with Crippen molar-refractivity contribution in [2.75, 3.05) is 0 Å². The average Bonchev–Trinajstić information content (AvgIpc) is 2.74. The predicted octanol–water partition coefficient (Wildman–Crippen LogP) is 4.81. The summed E-state index contributed by atoms with van der Waals surface area (Å²) in [6, 6.07) is 23.1. The molecule has 0 atom stereocenters. The molecule has 0 saturated heterocycles. The Morgan fingerprint density at radius 1 is 0.840 bits per heavy atom. The third-order valence-corrected chi connectivity index (χ3v) is 2.62. The van der Waals surface area contributed by atoms with Crippen LogP contribution in [0, 0.1) is 25.1 Å². The van der Waals surface area contributed by atoms with E-state index in [-0.39, 0.29) is 6.61 Å². The first-order chi connectivity index (χ1) is 12.3. The smallest absolute Gasteiger partial charge is 0.288 e. The molecule has 0 fully saturated rings. The van der Waals surface area contributed by atoms with Crippen LogP contribution in [0.4, 0.5) is 0 Å². The monoisotopic (exact) mass is 432 g/mol. The Hall–Kier alpha value is -0.987. The first kappa shape index (κ1) is 28.8. The van der Waals surface area contributed by atoms with Gasteiger partial charge >= 0.3 is 39.1 Å². The molecule has 0 amide bonds. The quantitative estimate of drug-likeness (QED) is 0.545. The van der Waals surface area contributed by atoms with Crippen molar-refractivity contribution in [3.05, 3.63) is 79.2 Å². The minimum absolute atomic E-state index is 0.120. The molecule has 2 aromatic rings. The molecule has 0 radical (unpaired) electrons. The molecule has 2 aromatic carbocycles. The minimum Gasteiger partial charge on any atom is -0.319 e. The summed E-state index contributed by atoms with van der Waals surface area (Å²) in [5, 5.41) is 8.52. The Kier molecular flexibility index (Phi) is 35.5. The molecule has 2 rings (SSSR count). The SMILES string of the molecule is OCc1cc[c-]cc1.[CH2-]CCCCCC.[O]=[Co].[O]=[Co].[c-]1cc[c-]cc1. The van der Waals surface area contributed by atoms with Gasteiger partial charge in [0.1, 0.15) is 0 Å². The van der Waals surface area contributed by atoms with Crippen LogP contribution in [0.25, 0.3) is 0 Å². The second-order valence-electron chi connectivity index (χ2n) is 4.48. The van der Waals surface area contributed by atoms with Gasteiger partial charge in [-0.3, -0.25) is 24.3 Å². The molecule has 0 aliphatic carbocycles. The van der Waals surface area contributed by atoms with Gasteiger partial charge in [-0.2, -0.15) is 36.8 Å². The maximum atomic E-state index is 8.52. The fraction of sp³-hybridized carbons (Fsp3) is 0.350. The van der Waals surface area contributed by atoms with Crippen molar-refractivity contribution in [2.45, 2.75) is 45.6 Å². The second-order valence-corrected chi connectivity index (χ2v) is 4.48. The van der Waals surface area contributed by atoms with E-state index in [1.165, 1.54) is 25.7 Å². The summed E-state index contributed by atoms with van der Waals surface area (Å²) in [5.41, 5.74) is 0.934. The molecule has 146 valence electrons. The van der Waals surface area contributed by atoms with E-state index < -0.39 is 0 Å². The zero-order chi connectivity index (χ0) is 19.6. The van der Waals surface area contributed by atoms with Gasteiger partial charge in [-0.05, 0) is 0 Å². The van der Waals surface area contributed by atoms with E-state index in [2.05, 4.69) is 63.4 Å². The fourth-order valence-electron chi connectivity index (χ4n) is 1.43. The van der Waals surface area contributed by atoms with Crippen LogP contribution in [0.1, 0.15) is 44.6 Å². The molecule has 25 heavy (non-hydrogen) atoms. The summed E-state index contributed by atoms with van der Waals surface area (Å²) in [5.74, 6) is 0. The van der Waals surface area contributed by atoms with Gasteiger partial charge in [-0.1, -0.05) is 32.6 Å². The van der Waals surface area contributed by atoms with Crippen LogP contribution in [-0.2, 0) is 45.7 Å². The molecule has 0 spiro atoms. The van der Waals surface area contributed by atoms with Crippen molar-refractivity contribution in [2.24, 2.45) is 0 Å². The number of aliphatic hydroxyl groups is 1. The van der Waals surface area contributed by atoms with Crippen molar-refractivity contribution < 1.29 is 44.2 Å². The van der Waals surface area contributed by atoms with Crippen LogP contribution in [0.3, 0.4) is 0 Å². The van der Waals surface area contributed by atoms with Crippen LogP contribution in [0.5, 0.6) is 0 Å². The Morgan fingerprint density at radius 2 is 1.28 bits per heavy atom. The topological polar surface area (TPSA) is 54.4 Å². The van der Waals surface area contributed by atoms with Crippen LogP contribution in [0.15, 0.2) is 48.5 Å². The molecule has 5 heteroatoms. The van der Waals surface area contributed by atoms with Crippen LogP contribution in [-0.4, -0.2) is 5.11 Å². The number of aliphatic hydroxyl groups excluding tert-OH is 1. The Balaban J connectivity index is -0.000000265. The summed E-state index contributed by atoms with van der Waals surface area (Å²) in [4.78, 5) is 0. The number of unbranched alkanes of at least 4 members (excludes halogenated alkanes) is 4. The maximum absolute atomic E-state index is 8.52. The van der Waals surface area contributed by atoms with Crippen molar-refractivity contribution in [3.63, 3.8) is 0 Å². The van der Waals surface area contributed by atoms with Crippen molar-refractivity contribution in [3.8, 4) is 0 Å². The van der Waals surface area contributed by atoms with Crippen molar-refractivity contribution in [1.82, 2.24) is 0 Å². The average molecular weight is 432 g/mol. The molecule has 0 aliphatic rings. The summed E-state index contributed by atoms with van der Waals surface area (Å²) < 4.78 is 15.9. The largest absolute Gasteiger partial charge is 0.319 e. The fourth-order valence-corrected chi connectivity index (χ4v) is 1.43. The summed E-state index contributed by atoms with van der Waals surface area (Å²) in [6.45, 7) is 6.10. The van der Waals surface area contributed by atoms with E-state index in [1.807, 2.05) is 36.4 Å². The third kappa shape index (κ3) is 28.1. The minimum atomic E-state index is 0.120. The van der Waals surface area contributed by atoms with Gasteiger partial charge in [-0.25, -0.2) is 0 Å². The molecule has 3 nitrogen and oxygen atoms in total. The molecule has 0 heterocycles. The van der Waals surface area contributed by atoms with Crippen LogP contribution < -0.4 is 0 Å². The number of benzene rings is 2. The van der Waals surface area contributed by atoms with Gasteiger partial charge in [0.15, 0.2) is 0 Å². The first-order valence-corrected chi connectivity index (χ1v) is 8.64. The van der Waals surface area contributed by atoms with E-state index in [0.29, 0.717) is 0 Å².